The summed E-state index contributed by atoms with van der Waals surface area (Å²) in [5, 5.41) is 0. The molecule has 32 heavy (non-hydrogen) atoms. The highest BCUT2D eigenvalue weighted by atomic mass is 19.1. The number of hydrogen-bond acceptors (Lipinski definition) is 6. The topological polar surface area (TPSA) is 74.3 Å². The molecule has 182 valence electrons. The first kappa shape index (κ1) is 27.8. The van der Waals surface area contributed by atoms with Gasteiger partial charge in [0.15, 0.2) is 0 Å². The third-order valence-electron chi connectivity index (χ3n) is 4.97. The molecule has 1 saturated heterocycles. The maximum Gasteiger partial charge on any atom is 0.338 e. The van der Waals surface area contributed by atoms with Crippen molar-refractivity contribution in [3.63, 3.8) is 0 Å². The number of carbonyl (C=O) groups excluding carboxylic acids is 2. The molecule has 0 saturated carbocycles. The van der Waals surface area contributed by atoms with Crippen LogP contribution in [0.25, 0.3) is 0 Å². The second-order valence-corrected chi connectivity index (χ2v) is 7.69. The number of rotatable bonds is 5. The third-order valence-corrected chi connectivity index (χ3v) is 4.97. The predicted octanol–water partition coefficient (Wildman–Crippen LogP) is 4.22. The van der Waals surface area contributed by atoms with Crippen molar-refractivity contribution in [1.82, 2.24) is 4.90 Å². The van der Waals surface area contributed by atoms with E-state index in [1.54, 1.807) is 18.7 Å². The zero-order valence-electron chi connectivity index (χ0n) is 20.6. The molecule has 1 unspecified atom stereocenters. The fraction of sp³-hybridized carbons (Fsp3) is 0.667. The molecule has 2 aliphatic rings. The first-order valence-corrected chi connectivity index (χ1v) is 11.3. The van der Waals surface area contributed by atoms with E-state index in [4.69, 9.17) is 18.9 Å². The Balaban J connectivity index is 0.00000121. The summed E-state index contributed by atoms with van der Waals surface area (Å²) in [5.41, 5.74) is -0.419. The van der Waals surface area contributed by atoms with Gasteiger partial charge in [0.1, 0.15) is 23.6 Å². The molecule has 3 rings (SSSR count). The van der Waals surface area contributed by atoms with Gasteiger partial charge in [-0.05, 0) is 32.9 Å². The van der Waals surface area contributed by atoms with E-state index in [0.29, 0.717) is 0 Å². The van der Waals surface area contributed by atoms with Gasteiger partial charge < -0.3 is 23.8 Å². The molecule has 7 nitrogen and oxygen atoms in total. The van der Waals surface area contributed by atoms with E-state index in [1.165, 1.54) is 13.2 Å². The first-order valence-electron chi connectivity index (χ1n) is 11.3. The van der Waals surface area contributed by atoms with Crippen LogP contribution in [-0.2, 0) is 25.5 Å². The van der Waals surface area contributed by atoms with Crippen molar-refractivity contribution < 1.29 is 32.9 Å². The smallest absolute Gasteiger partial charge is 0.338 e. The van der Waals surface area contributed by atoms with Crippen LogP contribution in [0.2, 0.25) is 0 Å². The van der Waals surface area contributed by atoms with Crippen molar-refractivity contribution in [2.45, 2.75) is 67.2 Å². The van der Waals surface area contributed by atoms with Crippen molar-refractivity contribution in [3.05, 3.63) is 29.1 Å². The largest absolute Gasteiger partial charge is 0.491 e. The lowest BCUT2D eigenvalue weighted by Crippen LogP contribution is -2.59. The van der Waals surface area contributed by atoms with E-state index in [2.05, 4.69) is 0 Å². The molecule has 0 bridgehead atoms. The Morgan fingerprint density at radius 2 is 1.84 bits per heavy atom. The number of methoxy groups -OCH3 is 1. The molecule has 2 heterocycles. The van der Waals surface area contributed by atoms with E-state index in [0.717, 1.165) is 6.07 Å². The maximum atomic E-state index is 14.8. The van der Waals surface area contributed by atoms with Crippen molar-refractivity contribution in [1.29, 1.82) is 0 Å². The van der Waals surface area contributed by atoms with Crippen molar-refractivity contribution >= 4 is 11.9 Å². The number of esters is 1. The molecule has 0 radical (unpaired) electrons. The summed E-state index contributed by atoms with van der Waals surface area (Å²) in [5.74, 6) is -1.11. The zero-order chi connectivity index (χ0) is 24.5. The van der Waals surface area contributed by atoms with Gasteiger partial charge in [-0.15, -0.1) is 0 Å². The van der Waals surface area contributed by atoms with Gasteiger partial charge >= 0.3 is 5.97 Å². The second kappa shape index (κ2) is 12.7. The summed E-state index contributed by atoms with van der Waals surface area (Å²) < 4.78 is 36.2. The van der Waals surface area contributed by atoms with Crippen molar-refractivity contribution in [3.8, 4) is 5.75 Å². The minimum absolute atomic E-state index is 0.0478. The molecule has 1 fully saturated rings. The van der Waals surface area contributed by atoms with Crippen LogP contribution in [0.5, 0.6) is 5.75 Å². The van der Waals surface area contributed by atoms with E-state index < -0.39 is 17.2 Å². The van der Waals surface area contributed by atoms with Crippen LogP contribution in [0, 0.1) is 11.2 Å². The highest BCUT2D eigenvalue weighted by Gasteiger charge is 2.49. The van der Waals surface area contributed by atoms with Crippen LogP contribution >= 0.6 is 0 Å². The Hall–Kier alpha value is -2.19. The van der Waals surface area contributed by atoms with Crippen molar-refractivity contribution in [2.24, 2.45) is 5.41 Å². The number of nitrogens with zero attached hydrogens (tertiary/aromatic N) is 1. The van der Waals surface area contributed by atoms with Gasteiger partial charge in [-0.3, -0.25) is 4.79 Å². The summed E-state index contributed by atoms with van der Waals surface area (Å²) in [6.07, 6.45) is -0.315. The summed E-state index contributed by atoms with van der Waals surface area (Å²) in [7, 11) is 1.54. The second-order valence-electron chi connectivity index (χ2n) is 7.69. The minimum atomic E-state index is -0.745. The monoisotopic (exact) mass is 455 g/mol. The number of benzene rings is 1. The van der Waals surface area contributed by atoms with Gasteiger partial charge in [-0.25, -0.2) is 9.18 Å². The van der Waals surface area contributed by atoms with Crippen LogP contribution in [0.15, 0.2) is 12.1 Å². The molecular weight excluding hydrogens is 417 g/mol. The van der Waals surface area contributed by atoms with Gasteiger partial charge in [-0.2, -0.15) is 0 Å². The van der Waals surface area contributed by atoms with E-state index >= 15 is 0 Å². The molecular formula is C24H38FNO6. The van der Waals surface area contributed by atoms with Gasteiger partial charge in [0.2, 0.25) is 5.91 Å². The Labute approximate surface area is 191 Å². The average molecular weight is 456 g/mol. The zero-order valence-corrected chi connectivity index (χ0v) is 20.6. The van der Waals surface area contributed by atoms with Crippen LogP contribution in [-0.4, -0.2) is 62.5 Å². The normalized spacial score (nSPS) is 18.4. The average Bonchev–Trinajstić information content (AvgIpc) is 2.92. The van der Waals surface area contributed by atoms with E-state index in [9.17, 15) is 14.0 Å². The van der Waals surface area contributed by atoms with E-state index in [-0.39, 0.29) is 67.9 Å². The summed E-state index contributed by atoms with van der Waals surface area (Å²) >= 11 is 0. The number of carbonyl (C=O) groups is 2. The highest BCUT2D eigenvalue weighted by molar-refractivity contribution is 5.90. The molecule has 0 aromatic heterocycles. The van der Waals surface area contributed by atoms with Gasteiger partial charge in [0, 0.05) is 12.7 Å². The molecule has 1 aromatic carbocycles. The number of hydrogen-bond donors (Lipinski definition) is 0. The minimum Gasteiger partial charge on any atom is -0.491 e. The Morgan fingerprint density at radius 3 is 2.34 bits per heavy atom. The van der Waals surface area contributed by atoms with E-state index in [1.807, 2.05) is 34.6 Å². The third kappa shape index (κ3) is 6.19. The Morgan fingerprint density at radius 1 is 1.22 bits per heavy atom. The molecule has 0 spiro atoms. The molecule has 0 aliphatic carbocycles. The summed E-state index contributed by atoms with van der Waals surface area (Å²) in [6, 6.07) is 2.32. The number of amides is 1. The van der Waals surface area contributed by atoms with Crippen LogP contribution in [0.1, 0.15) is 64.4 Å². The summed E-state index contributed by atoms with van der Waals surface area (Å²) in [4.78, 5) is 26.9. The predicted molar refractivity (Wildman–Crippen MR) is 120 cm³/mol. The molecule has 1 aromatic rings. The van der Waals surface area contributed by atoms with Crippen LogP contribution in [0.4, 0.5) is 4.39 Å². The maximum absolute atomic E-state index is 14.8. The lowest BCUT2D eigenvalue weighted by molar-refractivity contribution is -0.185. The quantitative estimate of drug-likeness (QED) is 0.619. The molecule has 0 N–H and O–H groups in total. The van der Waals surface area contributed by atoms with Crippen LogP contribution < -0.4 is 4.74 Å². The Bertz CT molecular complexity index is 763. The highest BCUT2D eigenvalue weighted by Crippen LogP contribution is 2.35. The van der Waals surface area contributed by atoms with Gasteiger partial charge in [0.25, 0.3) is 0 Å². The van der Waals surface area contributed by atoms with Gasteiger partial charge in [-0.1, -0.05) is 27.7 Å². The van der Waals surface area contributed by atoms with Gasteiger partial charge in [0.05, 0.1) is 44.1 Å². The standard InChI is InChI=1S/C20H26FNO6.2C2H6/c1-12(2)28-18(23)14-5-16(21)15-7-22(13(3)8-27-17(15)6-14)19(24)20(9-25-4)10-26-11-20;2*1-2/h5-6,12-13H,7-11H2,1-4H3;2*1-2H3. The number of halogens is 1. The fourth-order valence-electron chi connectivity index (χ4n) is 3.39. The summed E-state index contributed by atoms with van der Waals surface area (Å²) in [6.45, 7) is 14.3. The Kier molecular flexibility index (Phi) is 11.1. The SMILES string of the molecule is CC.CC.COCC1(C(=O)N2Cc3c(F)cc(C(=O)OC(C)C)cc3OCC2C)COC1. The molecule has 1 amide bonds. The molecule has 8 heteroatoms. The van der Waals surface area contributed by atoms with Crippen LogP contribution in [0.3, 0.4) is 0 Å². The molecule has 2 aliphatic heterocycles. The lowest BCUT2D eigenvalue weighted by atomic mass is 9.84. The fourth-order valence-corrected chi connectivity index (χ4v) is 3.39. The number of fused-ring (bicyclic) bond motifs is 1. The first-order chi connectivity index (χ1) is 15.3. The number of ether oxygens (including phenoxy) is 4. The van der Waals surface area contributed by atoms with Crippen molar-refractivity contribution in [2.75, 3.05) is 33.5 Å². The lowest BCUT2D eigenvalue weighted by Gasteiger charge is -2.43. The molecule has 1 atom stereocenters.